The summed E-state index contributed by atoms with van der Waals surface area (Å²) in [5, 5.41) is 11.9. The maximum absolute atomic E-state index is 11.8. The summed E-state index contributed by atoms with van der Waals surface area (Å²) in [5.74, 6) is 0.136. The SMILES string of the molecule is CC(CC#N)N(C)C(=O)CC1CCCN1. The normalized spacial score (nSPS) is 22.1. The molecule has 0 spiro atoms. The van der Waals surface area contributed by atoms with Crippen molar-refractivity contribution < 1.29 is 4.79 Å². The first-order chi connectivity index (χ1) is 7.15. The molecular formula is C11H19N3O. The maximum Gasteiger partial charge on any atom is 0.224 e. The van der Waals surface area contributed by atoms with Gasteiger partial charge in [0.25, 0.3) is 0 Å². The molecule has 0 bridgehead atoms. The van der Waals surface area contributed by atoms with Crippen LogP contribution < -0.4 is 5.32 Å². The van der Waals surface area contributed by atoms with E-state index >= 15 is 0 Å². The molecule has 1 fully saturated rings. The van der Waals surface area contributed by atoms with Gasteiger partial charge < -0.3 is 10.2 Å². The summed E-state index contributed by atoms with van der Waals surface area (Å²) in [6, 6.07) is 2.45. The predicted octanol–water partition coefficient (Wildman–Crippen LogP) is 0.889. The van der Waals surface area contributed by atoms with Crippen molar-refractivity contribution in [3.8, 4) is 6.07 Å². The van der Waals surface area contributed by atoms with E-state index in [0.717, 1.165) is 19.4 Å². The van der Waals surface area contributed by atoms with E-state index < -0.39 is 0 Å². The lowest BCUT2D eigenvalue weighted by atomic mass is 10.1. The molecule has 1 N–H and O–H groups in total. The van der Waals surface area contributed by atoms with Gasteiger partial charge in [-0.2, -0.15) is 5.26 Å². The molecule has 4 heteroatoms. The number of hydrogen-bond donors (Lipinski definition) is 1. The molecule has 1 aliphatic heterocycles. The fraction of sp³-hybridized carbons (Fsp3) is 0.818. The van der Waals surface area contributed by atoms with Gasteiger partial charge in [-0.05, 0) is 26.3 Å². The van der Waals surface area contributed by atoms with Gasteiger partial charge in [-0.1, -0.05) is 0 Å². The first-order valence-corrected chi connectivity index (χ1v) is 5.51. The summed E-state index contributed by atoms with van der Waals surface area (Å²) in [7, 11) is 1.78. The Labute approximate surface area is 91.2 Å². The largest absolute Gasteiger partial charge is 0.342 e. The fourth-order valence-electron chi connectivity index (χ4n) is 1.80. The van der Waals surface area contributed by atoms with E-state index in [2.05, 4.69) is 11.4 Å². The van der Waals surface area contributed by atoms with Crippen LogP contribution in [-0.2, 0) is 4.79 Å². The molecular weight excluding hydrogens is 190 g/mol. The molecule has 0 aromatic rings. The van der Waals surface area contributed by atoms with Gasteiger partial charge in [-0.25, -0.2) is 0 Å². The van der Waals surface area contributed by atoms with Gasteiger partial charge in [0.1, 0.15) is 0 Å². The molecule has 0 aromatic carbocycles. The molecule has 15 heavy (non-hydrogen) atoms. The monoisotopic (exact) mass is 209 g/mol. The zero-order chi connectivity index (χ0) is 11.3. The summed E-state index contributed by atoms with van der Waals surface area (Å²) in [6.45, 7) is 2.93. The number of carbonyl (C=O) groups excluding carboxylic acids is 1. The Morgan fingerprint density at radius 1 is 1.73 bits per heavy atom. The van der Waals surface area contributed by atoms with Gasteiger partial charge in [-0.3, -0.25) is 4.79 Å². The Morgan fingerprint density at radius 2 is 2.47 bits per heavy atom. The number of carbonyl (C=O) groups is 1. The Balaban J connectivity index is 2.35. The third kappa shape index (κ3) is 3.52. The molecule has 84 valence electrons. The van der Waals surface area contributed by atoms with E-state index in [-0.39, 0.29) is 11.9 Å². The van der Waals surface area contributed by atoms with Crippen molar-refractivity contribution in [2.24, 2.45) is 0 Å². The summed E-state index contributed by atoms with van der Waals surface area (Å²) >= 11 is 0. The fourth-order valence-corrected chi connectivity index (χ4v) is 1.80. The predicted molar refractivity (Wildman–Crippen MR) is 58.1 cm³/mol. The van der Waals surface area contributed by atoms with Crippen LogP contribution in [0.1, 0.15) is 32.6 Å². The molecule has 0 radical (unpaired) electrons. The molecule has 0 aromatic heterocycles. The average molecular weight is 209 g/mol. The van der Waals surface area contributed by atoms with Crippen LogP contribution in [0, 0.1) is 11.3 Å². The van der Waals surface area contributed by atoms with Crippen molar-refractivity contribution in [1.29, 1.82) is 5.26 Å². The highest BCUT2D eigenvalue weighted by molar-refractivity contribution is 5.76. The van der Waals surface area contributed by atoms with E-state index in [1.807, 2.05) is 6.92 Å². The summed E-state index contributed by atoms with van der Waals surface area (Å²) in [4.78, 5) is 13.5. The van der Waals surface area contributed by atoms with Crippen LogP contribution in [0.4, 0.5) is 0 Å². The molecule has 1 saturated heterocycles. The van der Waals surface area contributed by atoms with Crippen molar-refractivity contribution in [3.63, 3.8) is 0 Å². The lowest BCUT2D eigenvalue weighted by molar-refractivity contribution is -0.132. The number of nitrogens with one attached hydrogen (secondary N) is 1. The second kappa shape index (κ2) is 5.72. The summed E-state index contributed by atoms with van der Waals surface area (Å²) in [5.41, 5.74) is 0. The highest BCUT2D eigenvalue weighted by atomic mass is 16.2. The first kappa shape index (κ1) is 12.0. The van der Waals surface area contributed by atoms with Gasteiger partial charge in [-0.15, -0.1) is 0 Å². The van der Waals surface area contributed by atoms with Gasteiger partial charge in [0.2, 0.25) is 5.91 Å². The quantitative estimate of drug-likeness (QED) is 0.748. The summed E-state index contributed by atoms with van der Waals surface area (Å²) < 4.78 is 0. The van der Waals surface area contributed by atoms with Crippen molar-refractivity contribution in [3.05, 3.63) is 0 Å². The molecule has 1 rings (SSSR count). The maximum atomic E-state index is 11.8. The Morgan fingerprint density at radius 3 is 3.00 bits per heavy atom. The zero-order valence-corrected chi connectivity index (χ0v) is 9.49. The molecule has 1 amide bonds. The van der Waals surface area contributed by atoms with Crippen molar-refractivity contribution in [2.45, 2.75) is 44.7 Å². The van der Waals surface area contributed by atoms with Gasteiger partial charge in [0, 0.05) is 25.6 Å². The van der Waals surface area contributed by atoms with Crippen LogP contribution in [-0.4, -0.2) is 36.5 Å². The first-order valence-electron chi connectivity index (χ1n) is 5.51. The lowest BCUT2D eigenvalue weighted by Gasteiger charge is -2.24. The van der Waals surface area contributed by atoms with Crippen LogP contribution in [0.25, 0.3) is 0 Å². The molecule has 2 unspecified atom stereocenters. The van der Waals surface area contributed by atoms with Gasteiger partial charge >= 0.3 is 0 Å². The number of hydrogen-bond acceptors (Lipinski definition) is 3. The Hall–Kier alpha value is -1.08. The second-order valence-corrected chi connectivity index (χ2v) is 4.21. The van der Waals surface area contributed by atoms with Crippen molar-refractivity contribution in [1.82, 2.24) is 10.2 Å². The molecule has 0 aliphatic carbocycles. The Kier molecular flexibility index (Phi) is 4.57. The van der Waals surface area contributed by atoms with E-state index in [4.69, 9.17) is 5.26 Å². The number of nitriles is 1. The minimum absolute atomic E-state index is 0.0175. The van der Waals surface area contributed by atoms with E-state index in [1.54, 1.807) is 11.9 Å². The van der Waals surface area contributed by atoms with Crippen LogP contribution in [0.5, 0.6) is 0 Å². The molecule has 2 atom stereocenters. The van der Waals surface area contributed by atoms with Crippen molar-refractivity contribution >= 4 is 5.91 Å². The minimum Gasteiger partial charge on any atom is -0.342 e. The highest BCUT2D eigenvalue weighted by Gasteiger charge is 2.21. The van der Waals surface area contributed by atoms with Gasteiger partial charge in [0.05, 0.1) is 12.5 Å². The van der Waals surface area contributed by atoms with E-state index in [0.29, 0.717) is 18.9 Å². The van der Waals surface area contributed by atoms with E-state index in [1.165, 1.54) is 0 Å². The summed E-state index contributed by atoms with van der Waals surface area (Å²) in [6.07, 6.45) is 3.22. The molecule has 0 saturated carbocycles. The molecule has 1 heterocycles. The third-order valence-corrected chi connectivity index (χ3v) is 3.02. The van der Waals surface area contributed by atoms with Crippen LogP contribution >= 0.6 is 0 Å². The Bertz CT molecular complexity index is 253. The molecule has 1 aliphatic rings. The second-order valence-electron chi connectivity index (χ2n) is 4.21. The number of nitrogens with zero attached hydrogens (tertiary/aromatic N) is 2. The number of amides is 1. The lowest BCUT2D eigenvalue weighted by Crippen LogP contribution is -2.38. The number of rotatable bonds is 4. The third-order valence-electron chi connectivity index (χ3n) is 3.02. The molecule has 4 nitrogen and oxygen atoms in total. The minimum atomic E-state index is 0.0175. The standard InChI is InChI=1S/C11H19N3O/c1-9(5-6-12)14(2)11(15)8-10-4-3-7-13-10/h9-10,13H,3-5,7-8H2,1-2H3. The zero-order valence-electron chi connectivity index (χ0n) is 9.49. The topological polar surface area (TPSA) is 56.1 Å². The van der Waals surface area contributed by atoms with Crippen molar-refractivity contribution in [2.75, 3.05) is 13.6 Å². The van der Waals surface area contributed by atoms with Gasteiger partial charge in [0.15, 0.2) is 0 Å². The highest BCUT2D eigenvalue weighted by Crippen LogP contribution is 2.11. The average Bonchev–Trinajstić information content (AvgIpc) is 2.69. The smallest absolute Gasteiger partial charge is 0.224 e. The van der Waals surface area contributed by atoms with Crippen LogP contribution in [0.15, 0.2) is 0 Å². The van der Waals surface area contributed by atoms with Crippen LogP contribution in [0.2, 0.25) is 0 Å². The van der Waals surface area contributed by atoms with E-state index in [9.17, 15) is 4.79 Å². The van der Waals surface area contributed by atoms with Crippen LogP contribution in [0.3, 0.4) is 0 Å².